The minimum atomic E-state index is -1.13. The summed E-state index contributed by atoms with van der Waals surface area (Å²) in [7, 11) is 5.42. The van der Waals surface area contributed by atoms with Gasteiger partial charge in [-0.3, -0.25) is 9.59 Å². The molecule has 0 aromatic rings. The van der Waals surface area contributed by atoms with E-state index in [1.807, 2.05) is 0 Å². The molecule has 0 aliphatic carbocycles. The summed E-state index contributed by atoms with van der Waals surface area (Å²) in [5.74, 6) is -1.74. The zero-order chi connectivity index (χ0) is 48.4. The molecule has 0 aliphatic heterocycles. The molecule has 0 aromatic carbocycles. The van der Waals surface area contributed by atoms with Gasteiger partial charge in [0.15, 0.2) is 6.10 Å². The summed E-state index contributed by atoms with van der Waals surface area (Å²) in [6.07, 6.45) is 62.2. The van der Waals surface area contributed by atoms with Crippen molar-refractivity contribution < 1.29 is 38.2 Å². The number of hydrogen-bond acceptors (Lipinski definition) is 7. The molecule has 380 valence electrons. The Morgan fingerprint density at radius 1 is 0.455 bits per heavy atom. The van der Waals surface area contributed by atoms with Gasteiger partial charge >= 0.3 is 11.9 Å². The van der Waals surface area contributed by atoms with Gasteiger partial charge < -0.3 is 28.6 Å². The summed E-state index contributed by atoms with van der Waals surface area (Å²) < 4.78 is 17.3. The van der Waals surface area contributed by atoms with Gasteiger partial charge in [-0.15, -0.1) is 0 Å². The average molecular weight is 924 g/mol. The van der Waals surface area contributed by atoms with Gasteiger partial charge in [-0.2, -0.15) is 0 Å². The van der Waals surface area contributed by atoms with E-state index >= 15 is 0 Å². The number of carbonyl (C=O) groups is 3. The lowest BCUT2D eigenvalue weighted by atomic mass is 10.0. The molecule has 0 fully saturated rings. The minimum absolute atomic E-state index is 0.0367. The number of quaternary nitrogens is 1. The van der Waals surface area contributed by atoms with Gasteiger partial charge in [0.25, 0.3) is 0 Å². The van der Waals surface area contributed by atoms with Crippen molar-refractivity contribution in [2.75, 3.05) is 41.0 Å². The number of nitrogens with zero attached hydrogens (tertiary/aromatic N) is 1. The monoisotopic (exact) mass is 924 g/mol. The topological polar surface area (TPSA) is 102 Å². The molecule has 0 bridgehead atoms. The number of hydrogen-bond donors (Lipinski definition) is 0. The molecule has 0 saturated heterocycles. The summed E-state index contributed by atoms with van der Waals surface area (Å²) in [4.78, 5) is 37.1. The van der Waals surface area contributed by atoms with Crippen molar-refractivity contribution in [3.8, 4) is 0 Å². The third-order valence-electron chi connectivity index (χ3n) is 11.8. The van der Waals surface area contributed by atoms with Crippen molar-refractivity contribution in [3.63, 3.8) is 0 Å². The number of likely N-dealkylation sites (N-methyl/N-ethyl adjacent to an activating group) is 1. The lowest BCUT2D eigenvalue weighted by Gasteiger charge is -2.34. The smallest absolute Gasteiger partial charge is 0.306 e. The summed E-state index contributed by atoms with van der Waals surface area (Å²) in [5, 5.41) is 11.7. The molecule has 0 radical (unpaired) electrons. The highest BCUT2D eigenvalue weighted by atomic mass is 16.6. The maximum atomic E-state index is 12.8. The molecule has 0 aromatic heterocycles. The fourth-order valence-electron chi connectivity index (χ4n) is 7.75. The first-order chi connectivity index (χ1) is 32.1. The van der Waals surface area contributed by atoms with E-state index < -0.39 is 18.1 Å². The molecular weight excluding hydrogens is 823 g/mol. The highest BCUT2D eigenvalue weighted by Crippen LogP contribution is 2.16. The van der Waals surface area contributed by atoms with Gasteiger partial charge in [0.05, 0.1) is 40.3 Å². The molecule has 66 heavy (non-hydrogen) atoms. The van der Waals surface area contributed by atoms with Crippen LogP contribution in [-0.2, 0) is 28.6 Å². The zero-order valence-corrected chi connectivity index (χ0v) is 43.3. The third-order valence-corrected chi connectivity index (χ3v) is 11.8. The van der Waals surface area contributed by atoms with Crippen LogP contribution in [0.5, 0.6) is 0 Å². The lowest BCUT2D eigenvalue weighted by molar-refractivity contribution is -0.889. The molecular formula is C58H101NO7. The third kappa shape index (κ3) is 45.9. The number of allylic oxidation sites excluding steroid dienone is 12. The summed E-state index contributed by atoms with van der Waals surface area (Å²) in [6, 6.07) is -0.730. The lowest BCUT2D eigenvalue weighted by Crippen LogP contribution is -2.55. The maximum Gasteiger partial charge on any atom is 0.306 e. The minimum Gasteiger partial charge on any atom is -0.544 e. The van der Waals surface area contributed by atoms with Crippen molar-refractivity contribution >= 4 is 17.9 Å². The number of unbranched alkanes of at least 4 members (excludes halogenated alkanes) is 22. The highest BCUT2D eigenvalue weighted by Gasteiger charge is 2.25. The van der Waals surface area contributed by atoms with E-state index in [0.717, 1.165) is 83.5 Å². The van der Waals surface area contributed by atoms with Crippen LogP contribution < -0.4 is 5.11 Å². The summed E-state index contributed by atoms with van der Waals surface area (Å²) in [6.45, 7) is 4.46. The second kappa shape index (κ2) is 48.2. The number of carbonyl (C=O) groups excluding carboxylic acids is 3. The molecule has 8 heteroatoms. The SMILES string of the molecule is CC/C=C/C/C=C/C/C=C/CCCCCCCCCCCCCCCC(=O)OCC(COCCC(C(=O)[O-])[N+](C)(C)C)OC(=O)CCCCCCCCCCC/C=C/C/C=C/C/C=C/CC. The number of carboxylic acid groups (broad SMARTS) is 1. The Morgan fingerprint density at radius 3 is 1.18 bits per heavy atom. The Morgan fingerprint density at radius 2 is 0.803 bits per heavy atom. The van der Waals surface area contributed by atoms with E-state index in [9.17, 15) is 19.5 Å². The fourth-order valence-corrected chi connectivity index (χ4v) is 7.75. The number of aliphatic carboxylic acids is 1. The molecule has 8 nitrogen and oxygen atoms in total. The fraction of sp³-hybridized carbons (Fsp3) is 0.741. The quantitative estimate of drug-likeness (QED) is 0.0259. The molecule has 2 atom stereocenters. The maximum absolute atomic E-state index is 12.8. The van der Waals surface area contributed by atoms with Crippen molar-refractivity contribution in [1.29, 1.82) is 0 Å². The van der Waals surface area contributed by atoms with Gasteiger partial charge in [-0.05, 0) is 77.0 Å². The Kier molecular flexibility index (Phi) is 45.9. The molecule has 0 N–H and O–H groups in total. The second-order valence-corrected chi connectivity index (χ2v) is 19.1. The Bertz CT molecular complexity index is 1310. The van der Waals surface area contributed by atoms with Crippen LogP contribution in [0.3, 0.4) is 0 Å². The molecule has 0 spiro atoms. The number of ether oxygens (including phenoxy) is 3. The predicted octanol–water partition coefficient (Wildman–Crippen LogP) is 14.5. The van der Waals surface area contributed by atoms with E-state index in [-0.39, 0.29) is 42.7 Å². The first kappa shape index (κ1) is 62.8. The first-order valence-electron chi connectivity index (χ1n) is 27.0. The molecule has 2 unspecified atom stereocenters. The largest absolute Gasteiger partial charge is 0.544 e. The summed E-state index contributed by atoms with van der Waals surface area (Å²) >= 11 is 0. The van der Waals surface area contributed by atoms with Crippen molar-refractivity contribution in [3.05, 3.63) is 72.9 Å². The van der Waals surface area contributed by atoms with Crippen LogP contribution in [0.2, 0.25) is 0 Å². The average Bonchev–Trinajstić information content (AvgIpc) is 3.28. The number of rotatable bonds is 48. The van der Waals surface area contributed by atoms with E-state index in [4.69, 9.17) is 14.2 Å². The van der Waals surface area contributed by atoms with Crippen molar-refractivity contribution in [1.82, 2.24) is 0 Å². The standard InChI is InChI=1S/C58H101NO7/c1-6-8-10-12-14-16-18-20-22-24-26-27-28-29-31-32-34-36-38-40-42-44-46-48-56(60)65-53-54(52-64-51-50-55(58(62)63)59(3,4)5)66-57(61)49-47-45-43-41-39-37-35-33-30-25-23-21-19-17-15-13-11-9-7-2/h8-11,14-17,20-23,54-55H,6-7,12-13,18-19,24-53H2,1-5H3/b10-8+,11-9+,16-14+,17-15+,22-20+,23-21+. The van der Waals surface area contributed by atoms with Crippen LogP contribution >= 0.6 is 0 Å². The first-order valence-corrected chi connectivity index (χ1v) is 27.0. The van der Waals surface area contributed by atoms with E-state index in [0.29, 0.717) is 12.8 Å². The van der Waals surface area contributed by atoms with Gasteiger partial charge in [0, 0.05) is 19.3 Å². The molecule has 0 amide bonds. The van der Waals surface area contributed by atoms with E-state index in [1.54, 1.807) is 21.1 Å². The normalized spacial score (nSPS) is 13.4. The van der Waals surface area contributed by atoms with Crippen molar-refractivity contribution in [2.45, 2.75) is 238 Å². The van der Waals surface area contributed by atoms with Crippen LogP contribution in [0.25, 0.3) is 0 Å². The summed E-state index contributed by atoms with van der Waals surface area (Å²) in [5.41, 5.74) is 0. The zero-order valence-electron chi connectivity index (χ0n) is 43.3. The van der Waals surface area contributed by atoms with Crippen LogP contribution in [0, 0.1) is 0 Å². The van der Waals surface area contributed by atoms with Gasteiger partial charge in [-0.25, -0.2) is 0 Å². The van der Waals surface area contributed by atoms with Gasteiger partial charge in [-0.1, -0.05) is 202 Å². The van der Waals surface area contributed by atoms with Crippen LogP contribution in [0.1, 0.15) is 226 Å². The Labute approximate surface area is 406 Å². The molecule has 0 saturated carbocycles. The van der Waals surface area contributed by atoms with E-state index in [1.165, 1.54) is 109 Å². The molecule has 0 rings (SSSR count). The highest BCUT2D eigenvalue weighted by molar-refractivity contribution is 5.70. The Balaban J connectivity index is 4.19. The van der Waals surface area contributed by atoms with Gasteiger partial charge in [0.1, 0.15) is 12.6 Å². The van der Waals surface area contributed by atoms with E-state index in [2.05, 4.69) is 86.8 Å². The van der Waals surface area contributed by atoms with Crippen LogP contribution in [0.4, 0.5) is 0 Å². The van der Waals surface area contributed by atoms with Crippen LogP contribution in [0.15, 0.2) is 72.9 Å². The molecule has 0 aliphatic rings. The van der Waals surface area contributed by atoms with Crippen LogP contribution in [-0.4, -0.2) is 75.5 Å². The number of carboxylic acids is 1. The Hall–Kier alpha value is -3.23. The predicted molar refractivity (Wildman–Crippen MR) is 277 cm³/mol. The van der Waals surface area contributed by atoms with Crippen molar-refractivity contribution in [2.24, 2.45) is 0 Å². The second-order valence-electron chi connectivity index (χ2n) is 19.1. The molecule has 0 heterocycles. The number of esters is 2. The van der Waals surface area contributed by atoms with Gasteiger partial charge in [0.2, 0.25) is 0 Å².